The molecule has 0 spiro atoms. The fraction of sp³-hybridized carbons (Fsp3) is 0.300. The average Bonchev–Trinajstić information content (AvgIpc) is 2.35. The van der Waals surface area contributed by atoms with Gasteiger partial charge in [-0.3, -0.25) is 4.79 Å². The Balaban J connectivity index is 2.80. The predicted molar refractivity (Wildman–Crippen MR) is 63.4 cm³/mol. The number of azide groups is 1. The minimum absolute atomic E-state index is 0.0296. The Hall–Kier alpha value is -1.98. The Morgan fingerprint density at radius 2 is 2.06 bits per heavy atom. The standard InChI is InChI=1S/C10H12BN3O3/c1-7(2)10(15)8-3-5-9(6-4-8)11(16)17-14-13-12/h3-7,16H,1-2H3. The molecule has 17 heavy (non-hydrogen) atoms. The highest BCUT2D eigenvalue weighted by atomic mass is 16.7. The molecule has 0 saturated heterocycles. The Bertz CT molecular complexity index is 441. The number of ketones is 1. The number of Topliss-reactive ketones (excluding diaryl/α,β-unsaturated/α-hetero) is 1. The van der Waals surface area contributed by atoms with Crippen LogP contribution < -0.4 is 5.46 Å². The second-order valence-electron chi connectivity index (χ2n) is 3.77. The van der Waals surface area contributed by atoms with Gasteiger partial charge < -0.3 is 9.78 Å². The number of carbonyl (C=O) groups excluding carboxylic acids is 1. The highest BCUT2D eigenvalue weighted by Crippen LogP contribution is 2.06. The normalized spacial score (nSPS) is 9.65. The van der Waals surface area contributed by atoms with Gasteiger partial charge in [0.25, 0.3) is 0 Å². The first-order chi connectivity index (χ1) is 8.06. The summed E-state index contributed by atoms with van der Waals surface area (Å²) in [7, 11) is -1.32. The van der Waals surface area contributed by atoms with Gasteiger partial charge in [0.2, 0.25) is 0 Å². The van der Waals surface area contributed by atoms with Gasteiger partial charge in [0.15, 0.2) is 5.78 Å². The van der Waals surface area contributed by atoms with Gasteiger partial charge in [0, 0.05) is 16.4 Å². The van der Waals surface area contributed by atoms with Crippen molar-refractivity contribution < 1.29 is 14.6 Å². The lowest BCUT2D eigenvalue weighted by Gasteiger charge is -2.06. The summed E-state index contributed by atoms with van der Waals surface area (Å²) in [5.41, 5.74) is 9.00. The maximum atomic E-state index is 11.6. The Kier molecular flexibility index (Phi) is 4.57. The van der Waals surface area contributed by atoms with Gasteiger partial charge in [-0.25, -0.2) is 0 Å². The monoisotopic (exact) mass is 233 g/mol. The molecule has 1 N–H and O–H groups in total. The van der Waals surface area contributed by atoms with Crippen LogP contribution >= 0.6 is 0 Å². The van der Waals surface area contributed by atoms with Crippen molar-refractivity contribution in [2.45, 2.75) is 13.8 Å². The molecule has 1 rings (SSSR count). The number of nitrogens with zero attached hydrogens (tertiary/aromatic N) is 3. The fourth-order valence-electron chi connectivity index (χ4n) is 1.27. The zero-order chi connectivity index (χ0) is 12.8. The van der Waals surface area contributed by atoms with Crippen molar-refractivity contribution in [3.8, 4) is 0 Å². The number of carbonyl (C=O) groups is 1. The van der Waals surface area contributed by atoms with E-state index in [9.17, 15) is 9.82 Å². The first-order valence-electron chi connectivity index (χ1n) is 5.08. The molecule has 0 amide bonds. The third-order valence-corrected chi connectivity index (χ3v) is 2.19. The summed E-state index contributed by atoms with van der Waals surface area (Å²) in [5, 5.41) is 12.2. The molecule has 0 fully saturated rings. The topological polar surface area (TPSA) is 95.3 Å². The maximum absolute atomic E-state index is 11.6. The Labute approximate surface area is 98.9 Å². The second kappa shape index (κ2) is 5.93. The van der Waals surface area contributed by atoms with Crippen LogP contribution in [0, 0.1) is 5.92 Å². The van der Waals surface area contributed by atoms with E-state index >= 15 is 0 Å². The molecule has 0 atom stereocenters. The summed E-state index contributed by atoms with van der Waals surface area (Å²) in [6, 6.07) is 6.29. The third-order valence-electron chi connectivity index (χ3n) is 2.19. The van der Waals surface area contributed by atoms with E-state index in [1.54, 1.807) is 24.3 Å². The quantitative estimate of drug-likeness (QED) is 0.208. The summed E-state index contributed by atoms with van der Waals surface area (Å²) in [6.45, 7) is 3.63. The molecular weight excluding hydrogens is 221 g/mol. The Morgan fingerprint density at radius 3 is 2.53 bits per heavy atom. The number of hydrogen-bond acceptors (Lipinski definition) is 4. The van der Waals surface area contributed by atoms with Gasteiger partial charge in [-0.05, 0) is 11.0 Å². The van der Waals surface area contributed by atoms with Gasteiger partial charge in [0.1, 0.15) is 0 Å². The van der Waals surface area contributed by atoms with Crippen molar-refractivity contribution in [1.82, 2.24) is 0 Å². The summed E-state index contributed by atoms with van der Waals surface area (Å²) in [4.78, 5) is 14.0. The molecule has 0 unspecified atom stereocenters. The minimum atomic E-state index is -1.32. The smallest absolute Gasteiger partial charge is 0.471 e. The van der Waals surface area contributed by atoms with Crippen LogP contribution in [0.25, 0.3) is 10.4 Å². The zero-order valence-corrected chi connectivity index (χ0v) is 9.57. The third kappa shape index (κ3) is 3.51. The molecule has 0 aliphatic heterocycles. The number of benzene rings is 1. The van der Waals surface area contributed by atoms with Crippen LogP contribution in [0.1, 0.15) is 24.2 Å². The minimum Gasteiger partial charge on any atom is -0.471 e. The van der Waals surface area contributed by atoms with Crippen molar-refractivity contribution in [1.29, 1.82) is 0 Å². The van der Waals surface area contributed by atoms with Crippen LogP contribution in [0.4, 0.5) is 0 Å². The lowest BCUT2D eigenvalue weighted by molar-refractivity contribution is 0.0939. The first kappa shape index (κ1) is 13.1. The predicted octanol–water partition coefficient (Wildman–Crippen LogP) is 1.45. The maximum Gasteiger partial charge on any atom is 0.566 e. The van der Waals surface area contributed by atoms with E-state index in [0.717, 1.165) is 0 Å². The van der Waals surface area contributed by atoms with Crippen molar-refractivity contribution in [3.63, 3.8) is 0 Å². The highest BCUT2D eigenvalue weighted by Gasteiger charge is 2.18. The van der Waals surface area contributed by atoms with Crippen molar-refractivity contribution in [3.05, 3.63) is 40.3 Å². The molecule has 0 aliphatic carbocycles. The average molecular weight is 233 g/mol. The molecule has 0 bridgehead atoms. The molecule has 0 saturated carbocycles. The summed E-state index contributed by atoms with van der Waals surface area (Å²) in [6.07, 6.45) is 0. The second-order valence-corrected chi connectivity index (χ2v) is 3.77. The number of hydrogen-bond donors (Lipinski definition) is 1. The van der Waals surface area contributed by atoms with Crippen LogP contribution in [0.3, 0.4) is 0 Å². The van der Waals surface area contributed by atoms with Gasteiger partial charge in [-0.2, -0.15) is 0 Å². The van der Waals surface area contributed by atoms with Crippen LogP contribution in [-0.2, 0) is 4.76 Å². The molecular formula is C10H12BN3O3. The van der Waals surface area contributed by atoms with Crippen LogP contribution in [-0.4, -0.2) is 17.9 Å². The van der Waals surface area contributed by atoms with Gasteiger partial charge >= 0.3 is 7.12 Å². The van der Waals surface area contributed by atoms with E-state index in [1.165, 1.54) is 0 Å². The molecule has 88 valence electrons. The van der Waals surface area contributed by atoms with E-state index in [0.29, 0.717) is 11.0 Å². The molecule has 1 aromatic carbocycles. The number of rotatable bonds is 5. The lowest BCUT2D eigenvalue weighted by atomic mass is 9.79. The van der Waals surface area contributed by atoms with E-state index in [2.05, 4.69) is 14.9 Å². The fourth-order valence-corrected chi connectivity index (χ4v) is 1.27. The van der Waals surface area contributed by atoms with E-state index in [-0.39, 0.29) is 11.7 Å². The summed E-state index contributed by atoms with van der Waals surface area (Å²) < 4.78 is 4.40. The summed E-state index contributed by atoms with van der Waals surface area (Å²) >= 11 is 0. The Morgan fingerprint density at radius 1 is 1.47 bits per heavy atom. The van der Waals surface area contributed by atoms with Crippen LogP contribution in [0.2, 0.25) is 0 Å². The van der Waals surface area contributed by atoms with E-state index in [4.69, 9.17) is 5.53 Å². The van der Waals surface area contributed by atoms with Crippen LogP contribution in [0.15, 0.2) is 29.5 Å². The van der Waals surface area contributed by atoms with E-state index < -0.39 is 7.12 Å². The molecule has 0 radical (unpaired) electrons. The zero-order valence-electron chi connectivity index (χ0n) is 9.57. The SMILES string of the molecule is CC(C)C(=O)c1ccc(B(O)ON=[N+]=[N-])cc1. The summed E-state index contributed by atoms with van der Waals surface area (Å²) in [5.74, 6) is -0.0489. The lowest BCUT2D eigenvalue weighted by Crippen LogP contribution is -2.31. The molecule has 1 aromatic rings. The van der Waals surface area contributed by atoms with Gasteiger partial charge in [-0.1, -0.05) is 38.1 Å². The molecule has 0 aromatic heterocycles. The molecule has 7 heteroatoms. The van der Waals surface area contributed by atoms with Gasteiger partial charge in [0.05, 0.1) is 5.28 Å². The van der Waals surface area contributed by atoms with Gasteiger partial charge in [-0.15, -0.1) is 0 Å². The molecule has 0 aliphatic rings. The molecule has 0 heterocycles. The molecule has 6 nitrogen and oxygen atoms in total. The van der Waals surface area contributed by atoms with Crippen molar-refractivity contribution in [2.75, 3.05) is 0 Å². The first-order valence-corrected chi connectivity index (χ1v) is 5.08. The highest BCUT2D eigenvalue weighted by molar-refractivity contribution is 6.59. The van der Waals surface area contributed by atoms with E-state index in [1.807, 2.05) is 13.8 Å². The largest absolute Gasteiger partial charge is 0.566 e. The van der Waals surface area contributed by atoms with Crippen LogP contribution in [0.5, 0.6) is 0 Å². The van der Waals surface area contributed by atoms with Crippen molar-refractivity contribution >= 4 is 18.4 Å². The van der Waals surface area contributed by atoms with Crippen molar-refractivity contribution in [2.24, 2.45) is 11.2 Å².